The SMILES string of the molecule is CC(C)C1CN(C2CCCC2)C2(CCCCC2)CN1. The quantitative estimate of drug-likeness (QED) is 0.820. The summed E-state index contributed by atoms with van der Waals surface area (Å²) in [6.07, 6.45) is 13.1. The molecule has 1 heterocycles. The fourth-order valence-corrected chi connectivity index (χ4v) is 4.77. The van der Waals surface area contributed by atoms with Crippen LogP contribution in [0.1, 0.15) is 71.6 Å². The number of nitrogens with one attached hydrogen (secondary N) is 1. The Morgan fingerprint density at radius 2 is 1.68 bits per heavy atom. The van der Waals surface area contributed by atoms with Gasteiger partial charge in [0.15, 0.2) is 0 Å². The molecule has 1 atom stereocenters. The standard InChI is InChI=1S/C17H32N2/c1-14(2)16-12-19(15-8-4-5-9-15)17(13-18-16)10-6-3-7-11-17/h14-16,18H,3-13H2,1-2H3. The molecule has 1 spiro atoms. The van der Waals surface area contributed by atoms with Gasteiger partial charge in [-0.25, -0.2) is 0 Å². The molecule has 110 valence electrons. The van der Waals surface area contributed by atoms with Crippen molar-refractivity contribution in [3.63, 3.8) is 0 Å². The second kappa shape index (κ2) is 5.73. The molecular formula is C17H32N2. The third-order valence-corrected chi connectivity index (χ3v) is 6.05. The zero-order valence-corrected chi connectivity index (χ0v) is 13.0. The van der Waals surface area contributed by atoms with Crippen LogP contribution in [0.4, 0.5) is 0 Å². The van der Waals surface area contributed by atoms with E-state index in [0.29, 0.717) is 11.6 Å². The Kier molecular flexibility index (Phi) is 4.19. The first kappa shape index (κ1) is 13.9. The van der Waals surface area contributed by atoms with Crippen LogP contribution in [0.3, 0.4) is 0 Å². The van der Waals surface area contributed by atoms with Gasteiger partial charge < -0.3 is 5.32 Å². The summed E-state index contributed by atoms with van der Waals surface area (Å²) in [5.74, 6) is 0.768. The predicted octanol–water partition coefficient (Wildman–Crippen LogP) is 3.56. The monoisotopic (exact) mass is 264 g/mol. The van der Waals surface area contributed by atoms with Crippen LogP contribution in [0.25, 0.3) is 0 Å². The molecule has 2 nitrogen and oxygen atoms in total. The maximum atomic E-state index is 3.89. The minimum Gasteiger partial charge on any atom is -0.311 e. The molecule has 1 saturated heterocycles. The van der Waals surface area contributed by atoms with Gasteiger partial charge in [0.2, 0.25) is 0 Å². The lowest BCUT2D eigenvalue weighted by molar-refractivity contribution is -0.0275. The first-order chi connectivity index (χ1) is 9.21. The minimum atomic E-state index is 0.526. The molecule has 0 aromatic carbocycles. The van der Waals surface area contributed by atoms with E-state index in [-0.39, 0.29) is 0 Å². The summed E-state index contributed by atoms with van der Waals surface area (Å²) in [5, 5.41) is 3.89. The smallest absolute Gasteiger partial charge is 0.0337 e. The lowest BCUT2D eigenvalue weighted by Gasteiger charge is -2.55. The van der Waals surface area contributed by atoms with Crippen molar-refractivity contribution in [2.75, 3.05) is 13.1 Å². The molecule has 0 radical (unpaired) electrons. The summed E-state index contributed by atoms with van der Waals surface area (Å²) in [7, 11) is 0. The van der Waals surface area contributed by atoms with Gasteiger partial charge in [-0.15, -0.1) is 0 Å². The topological polar surface area (TPSA) is 15.3 Å². The lowest BCUT2D eigenvalue weighted by atomic mass is 9.76. The van der Waals surface area contributed by atoms with Crippen LogP contribution in [0, 0.1) is 5.92 Å². The molecule has 3 aliphatic rings. The Labute approximate surface area is 119 Å². The van der Waals surface area contributed by atoms with E-state index in [4.69, 9.17) is 0 Å². The highest BCUT2D eigenvalue weighted by Gasteiger charge is 2.45. The van der Waals surface area contributed by atoms with E-state index in [1.807, 2.05) is 0 Å². The zero-order chi connectivity index (χ0) is 13.3. The molecule has 19 heavy (non-hydrogen) atoms. The molecule has 1 unspecified atom stereocenters. The summed E-state index contributed by atoms with van der Waals surface area (Å²) < 4.78 is 0. The molecule has 0 bridgehead atoms. The van der Waals surface area contributed by atoms with Crippen molar-refractivity contribution < 1.29 is 0 Å². The Morgan fingerprint density at radius 1 is 1.00 bits per heavy atom. The Morgan fingerprint density at radius 3 is 2.32 bits per heavy atom. The van der Waals surface area contributed by atoms with Gasteiger partial charge in [0.05, 0.1) is 0 Å². The third kappa shape index (κ3) is 2.71. The van der Waals surface area contributed by atoms with Crippen LogP contribution in [-0.2, 0) is 0 Å². The van der Waals surface area contributed by atoms with Crippen molar-refractivity contribution in [1.29, 1.82) is 0 Å². The summed E-state index contributed by atoms with van der Waals surface area (Å²) in [6.45, 7) is 7.32. The number of nitrogens with zero attached hydrogens (tertiary/aromatic N) is 1. The molecule has 3 rings (SSSR count). The van der Waals surface area contributed by atoms with E-state index >= 15 is 0 Å². The minimum absolute atomic E-state index is 0.526. The van der Waals surface area contributed by atoms with Crippen LogP contribution in [0.5, 0.6) is 0 Å². The van der Waals surface area contributed by atoms with Crippen molar-refractivity contribution in [2.24, 2.45) is 5.92 Å². The number of rotatable bonds is 2. The maximum Gasteiger partial charge on any atom is 0.0337 e. The van der Waals surface area contributed by atoms with Crippen molar-refractivity contribution in [3.05, 3.63) is 0 Å². The second-order valence-electron chi connectivity index (χ2n) is 7.61. The van der Waals surface area contributed by atoms with Gasteiger partial charge in [-0.2, -0.15) is 0 Å². The summed E-state index contributed by atoms with van der Waals surface area (Å²) in [4.78, 5) is 2.99. The van der Waals surface area contributed by atoms with Crippen LogP contribution in [0.2, 0.25) is 0 Å². The van der Waals surface area contributed by atoms with Crippen molar-refractivity contribution >= 4 is 0 Å². The van der Waals surface area contributed by atoms with E-state index in [9.17, 15) is 0 Å². The highest BCUT2D eigenvalue weighted by molar-refractivity contribution is 5.03. The van der Waals surface area contributed by atoms with Crippen LogP contribution < -0.4 is 5.32 Å². The zero-order valence-electron chi connectivity index (χ0n) is 13.0. The fourth-order valence-electron chi connectivity index (χ4n) is 4.77. The average molecular weight is 264 g/mol. The van der Waals surface area contributed by atoms with Crippen LogP contribution >= 0.6 is 0 Å². The van der Waals surface area contributed by atoms with Gasteiger partial charge in [-0.3, -0.25) is 4.90 Å². The number of hydrogen-bond donors (Lipinski definition) is 1. The van der Waals surface area contributed by atoms with E-state index < -0.39 is 0 Å². The second-order valence-corrected chi connectivity index (χ2v) is 7.61. The van der Waals surface area contributed by atoms with Crippen molar-refractivity contribution in [3.8, 4) is 0 Å². The van der Waals surface area contributed by atoms with Gasteiger partial charge >= 0.3 is 0 Å². The van der Waals surface area contributed by atoms with E-state index in [0.717, 1.165) is 12.0 Å². The molecule has 0 amide bonds. The normalized spacial score (nSPS) is 33.3. The molecule has 0 aromatic heterocycles. The maximum absolute atomic E-state index is 3.89. The van der Waals surface area contributed by atoms with Gasteiger partial charge in [-0.05, 0) is 31.6 Å². The summed E-state index contributed by atoms with van der Waals surface area (Å²) in [5.41, 5.74) is 0.526. The van der Waals surface area contributed by atoms with Crippen molar-refractivity contribution in [1.82, 2.24) is 10.2 Å². The van der Waals surface area contributed by atoms with E-state index in [1.54, 1.807) is 0 Å². The molecule has 2 heteroatoms. The number of piperazine rings is 1. The number of hydrogen-bond acceptors (Lipinski definition) is 2. The first-order valence-corrected chi connectivity index (χ1v) is 8.71. The third-order valence-electron chi connectivity index (χ3n) is 6.05. The summed E-state index contributed by atoms with van der Waals surface area (Å²) >= 11 is 0. The highest BCUT2D eigenvalue weighted by Crippen LogP contribution is 2.40. The molecule has 0 aromatic rings. The molecule has 2 saturated carbocycles. The van der Waals surface area contributed by atoms with Crippen LogP contribution in [0.15, 0.2) is 0 Å². The summed E-state index contributed by atoms with van der Waals surface area (Å²) in [6, 6.07) is 1.62. The fraction of sp³-hybridized carbons (Fsp3) is 1.00. The molecular weight excluding hydrogens is 232 g/mol. The molecule has 1 aliphatic heterocycles. The Bertz CT molecular complexity index is 288. The Balaban J connectivity index is 1.77. The molecule has 3 fully saturated rings. The highest BCUT2D eigenvalue weighted by atomic mass is 15.3. The molecule has 2 aliphatic carbocycles. The predicted molar refractivity (Wildman–Crippen MR) is 81.4 cm³/mol. The Hall–Kier alpha value is -0.0800. The average Bonchev–Trinajstić information content (AvgIpc) is 2.93. The largest absolute Gasteiger partial charge is 0.311 e. The van der Waals surface area contributed by atoms with Gasteiger partial charge in [0.1, 0.15) is 0 Å². The van der Waals surface area contributed by atoms with Gasteiger partial charge in [0, 0.05) is 30.7 Å². The van der Waals surface area contributed by atoms with Crippen molar-refractivity contribution in [2.45, 2.75) is 89.3 Å². The van der Waals surface area contributed by atoms with E-state index in [1.165, 1.54) is 70.9 Å². The first-order valence-electron chi connectivity index (χ1n) is 8.71. The van der Waals surface area contributed by atoms with Crippen LogP contribution in [-0.4, -0.2) is 35.6 Å². The van der Waals surface area contributed by atoms with E-state index in [2.05, 4.69) is 24.1 Å². The van der Waals surface area contributed by atoms with Gasteiger partial charge in [-0.1, -0.05) is 46.0 Å². The lowest BCUT2D eigenvalue weighted by Crippen LogP contribution is -2.68. The molecule has 1 N–H and O–H groups in total. The van der Waals surface area contributed by atoms with Gasteiger partial charge in [0.25, 0.3) is 0 Å².